The Kier molecular flexibility index (Phi) is 6.30. The lowest BCUT2D eigenvalue weighted by Crippen LogP contribution is -2.47. The molecule has 4 nitrogen and oxygen atoms in total. The molecule has 2 N–H and O–H groups in total. The van der Waals surface area contributed by atoms with E-state index in [0.717, 1.165) is 5.56 Å². The predicted molar refractivity (Wildman–Crippen MR) is 80.0 cm³/mol. The molecule has 0 aliphatic rings. The van der Waals surface area contributed by atoms with Crippen LogP contribution in [0, 0.1) is 0 Å². The number of hydrogen-bond donors (Lipinski definition) is 2. The number of alkyl carbamates (subject to hydrolysis) is 1. The maximum atomic E-state index is 11.8. The van der Waals surface area contributed by atoms with Gasteiger partial charge in [-0.25, -0.2) is 4.79 Å². The molecule has 5 heteroatoms. The van der Waals surface area contributed by atoms with E-state index in [1.807, 2.05) is 30.3 Å². The summed E-state index contributed by atoms with van der Waals surface area (Å²) >= 11 is 5.69. The van der Waals surface area contributed by atoms with Crippen molar-refractivity contribution in [2.45, 2.75) is 44.9 Å². The van der Waals surface area contributed by atoms with Crippen LogP contribution < -0.4 is 5.32 Å². The van der Waals surface area contributed by atoms with Crippen molar-refractivity contribution in [1.82, 2.24) is 5.32 Å². The van der Waals surface area contributed by atoms with Gasteiger partial charge in [-0.15, -0.1) is 11.6 Å². The van der Waals surface area contributed by atoms with Gasteiger partial charge in [-0.05, 0) is 32.8 Å². The van der Waals surface area contributed by atoms with E-state index < -0.39 is 23.8 Å². The van der Waals surface area contributed by atoms with Gasteiger partial charge in [-0.3, -0.25) is 0 Å². The maximum absolute atomic E-state index is 11.8. The monoisotopic (exact) mass is 299 g/mol. The number of aliphatic hydroxyl groups is 1. The number of rotatable bonds is 5. The van der Waals surface area contributed by atoms with Crippen LogP contribution in [0.15, 0.2) is 30.3 Å². The summed E-state index contributed by atoms with van der Waals surface area (Å²) in [6.07, 6.45) is -0.888. The van der Waals surface area contributed by atoms with Crippen LogP contribution in [-0.4, -0.2) is 34.8 Å². The van der Waals surface area contributed by atoms with E-state index in [1.54, 1.807) is 20.8 Å². The highest BCUT2D eigenvalue weighted by molar-refractivity contribution is 6.18. The summed E-state index contributed by atoms with van der Waals surface area (Å²) in [5.74, 6) is 0.0489. The largest absolute Gasteiger partial charge is 0.444 e. The van der Waals surface area contributed by atoms with E-state index >= 15 is 0 Å². The first-order chi connectivity index (χ1) is 9.31. The molecule has 0 saturated heterocycles. The van der Waals surface area contributed by atoms with Gasteiger partial charge in [0.25, 0.3) is 0 Å². The third kappa shape index (κ3) is 6.26. The second-order valence-corrected chi connectivity index (χ2v) is 5.97. The van der Waals surface area contributed by atoms with E-state index in [1.165, 1.54) is 0 Å². The molecule has 0 aromatic heterocycles. The molecule has 1 unspecified atom stereocenters. The van der Waals surface area contributed by atoms with Crippen molar-refractivity contribution in [2.24, 2.45) is 0 Å². The lowest BCUT2D eigenvalue weighted by atomic mass is 10.0. The fraction of sp³-hybridized carbons (Fsp3) is 0.533. The Morgan fingerprint density at radius 3 is 2.45 bits per heavy atom. The van der Waals surface area contributed by atoms with Crippen molar-refractivity contribution in [1.29, 1.82) is 0 Å². The molecule has 0 heterocycles. The molecule has 0 radical (unpaired) electrons. The number of nitrogens with one attached hydrogen (secondary N) is 1. The standard InChI is InChI=1S/C15H22ClNO3/c1-15(2,3)20-14(19)17-12(13(18)10-16)9-11-7-5-4-6-8-11/h4-8,12-13,18H,9-10H2,1-3H3,(H,17,19)/t12?,13-/m0/s1. The molecule has 0 aliphatic heterocycles. The quantitative estimate of drug-likeness (QED) is 0.822. The van der Waals surface area contributed by atoms with E-state index in [0.29, 0.717) is 6.42 Å². The molecule has 0 saturated carbocycles. The summed E-state index contributed by atoms with van der Waals surface area (Å²) in [5.41, 5.74) is 0.436. The summed E-state index contributed by atoms with van der Waals surface area (Å²) in [7, 11) is 0. The lowest BCUT2D eigenvalue weighted by molar-refractivity contribution is 0.0440. The summed E-state index contributed by atoms with van der Waals surface area (Å²) in [6, 6.07) is 9.12. The van der Waals surface area contributed by atoms with Crippen molar-refractivity contribution in [2.75, 3.05) is 5.88 Å². The van der Waals surface area contributed by atoms with Gasteiger partial charge < -0.3 is 15.2 Å². The molecule has 0 aliphatic carbocycles. The fourth-order valence-electron chi connectivity index (χ4n) is 1.72. The first kappa shape index (κ1) is 16.8. The third-order valence-corrected chi connectivity index (χ3v) is 2.94. The van der Waals surface area contributed by atoms with Gasteiger partial charge in [-0.1, -0.05) is 30.3 Å². The van der Waals surface area contributed by atoms with Gasteiger partial charge in [0.2, 0.25) is 0 Å². The highest BCUT2D eigenvalue weighted by atomic mass is 35.5. The van der Waals surface area contributed by atoms with Crippen molar-refractivity contribution >= 4 is 17.7 Å². The number of ether oxygens (including phenoxy) is 1. The Morgan fingerprint density at radius 2 is 1.95 bits per heavy atom. The second-order valence-electron chi connectivity index (χ2n) is 5.66. The number of aliphatic hydroxyl groups excluding tert-OH is 1. The van der Waals surface area contributed by atoms with E-state index in [9.17, 15) is 9.90 Å². The minimum atomic E-state index is -0.829. The lowest BCUT2D eigenvalue weighted by Gasteiger charge is -2.26. The van der Waals surface area contributed by atoms with Crippen LogP contribution in [0.2, 0.25) is 0 Å². The number of alkyl halides is 1. The SMILES string of the molecule is CC(C)(C)OC(=O)NC(Cc1ccccc1)[C@@H](O)CCl. The molecule has 0 spiro atoms. The highest BCUT2D eigenvalue weighted by Gasteiger charge is 2.24. The van der Waals surface area contributed by atoms with Crippen LogP contribution in [0.1, 0.15) is 26.3 Å². The molecule has 20 heavy (non-hydrogen) atoms. The molecule has 1 amide bonds. The first-order valence-corrected chi connectivity index (χ1v) is 7.13. The Hall–Kier alpha value is -1.26. The Labute approximate surface area is 125 Å². The van der Waals surface area contributed by atoms with Crippen LogP contribution >= 0.6 is 11.6 Å². The average Bonchev–Trinajstić information content (AvgIpc) is 2.36. The molecular formula is C15H22ClNO3. The van der Waals surface area contributed by atoms with E-state index in [4.69, 9.17) is 16.3 Å². The van der Waals surface area contributed by atoms with Gasteiger partial charge in [0.05, 0.1) is 18.0 Å². The van der Waals surface area contributed by atoms with Crippen LogP contribution in [0.3, 0.4) is 0 Å². The minimum Gasteiger partial charge on any atom is -0.444 e. The van der Waals surface area contributed by atoms with Crippen LogP contribution in [0.4, 0.5) is 4.79 Å². The van der Waals surface area contributed by atoms with E-state index in [-0.39, 0.29) is 5.88 Å². The maximum Gasteiger partial charge on any atom is 0.407 e. The van der Waals surface area contributed by atoms with Gasteiger partial charge in [-0.2, -0.15) is 0 Å². The second kappa shape index (κ2) is 7.50. The van der Waals surface area contributed by atoms with E-state index in [2.05, 4.69) is 5.32 Å². The fourth-order valence-corrected chi connectivity index (χ4v) is 1.93. The molecule has 1 aromatic rings. The predicted octanol–water partition coefficient (Wildman–Crippen LogP) is 2.72. The number of carbonyl (C=O) groups excluding carboxylic acids is 1. The van der Waals surface area contributed by atoms with Crippen molar-refractivity contribution in [3.8, 4) is 0 Å². The van der Waals surface area contributed by atoms with Crippen molar-refractivity contribution in [3.05, 3.63) is 35.9 Å². The topological polar surface area (TPSA) is 58.6 Å². The Balaban J connectivity index is 2.68. The van der Waals surface area contributed by atoms with Crippen molar-refractivity contribution in [3.63, 3.8) is 0 Å². The number of amides is 1. The third-order valence-electron chi connectivity index (χ3n) is 2.62. The number of carbonyl (C=O) groups is 1. The minimum absolute atomic E-state index is 0.0489. The van der Waals surface area contributed by atoms with Crippen LogP contribution in [0.25, 0.3) is 0 Å². The van der Waals surface area contributed by atoms with Gasteiger partial charge >= 0.3 is 6.09 Å². The molecule has 0 fully saturated rings. The zero-order valence-corrected chi connectivity index (χ0v) is 12.9. The zero-order chi connectivity index (χ0) is 15.2. The molecule has 1 aromatic carbocycles. The Bertz CT molecular complexity index is 417. The Morgan fingerprint density at radius 1 is 1.35 bits per heavy atom. The molecule has 1 rings (SSSR count). The summed E-state index contributed by atoms with van der Waals surface area (Å²) in [6.45, 7) is 5.37. The summed E-state index contributed by atoms with van der Waals surface area (Å²) in [5, 5.41) is 12.6. The summed E-state index contributed by atoms with van der Waals surface area (Å²) in [4.78, 5) is 11.8. The van der Waals surface area contributed by atoms with Crippen molar-refractivity contribution < 1.29 is 14.6 Å². The molecular weight excluding hydrogens is 278 g/mol. The smallest absolute Gasteiger partial charge is 0.407 e. The summed E-state index contributed by atoms with van der Waals surface area (Å²) < 4.78 is 5.20. The zero-order valence-electron chi connectivity index (χ0n) is 12.1. The number of halogens is 1. The molecule has 112 valence electrons. The number of hydrogen-bond acceptors (Lipinski definition) is 3. The normalized spacial score (nSPS) is 14.4. The van der Waals surface area contributed by atoms with Gasteiger partial charge in [0, 0.05) is 0 Å². The molecule has 0 bridgehead atoms. The van der Waals surface area contributed by atoms with Gasteiger partial charge in [0.1, 0.15) is 5.60 Å². The van der Waals surface area contributed by atoms with Crippen LogP contribution in [0.5, 0.6) is 0 Å². The molecule has 2 atom stereocenters. The number of benzene rings is 1. The first-order valence-electron chi connectivity index (χ1n) is 6.59. The van der Waals surface area contributed by atoms with Gasteiger partial charge in [0.15, 0.2) is 0 Å². The van der Waals surface area contributed by atoms with Crippen LogP contribution in [-0.2, 0) is 11.2 Å². The highest BCUT2D eigenvalue weighted by Crippen LogP contribution is 2.10. The average molecular weight is 300 g/mol.